The van der Waals surface area contributed by atoms with Gasteiger partial charge in [-0.05, 0) is 43.9 Å². The average Bonchev–Trinajstić information content (AvgIpc) is 3.01. The van der Waals surface area contributed by atoms with Gasteiger partial charge < -0.3 is 19.5 Å². The minimum Gasteiger partial charge on any atom is -0.493 e. The highest BCUT2D eigenvalue weighted by molar-refractivity contribution is 5.43. The van der Waals surface area contributed by atoms with Crippen molar-refractivity contribution in [3.05, 3.63) is 23.8 Å². The Hall–Kier alpha value is -1.26. The number of hydrogen-bond donors (Lipinski definition) is 1. The lowest BCUT2D eigenvalue weighted by Gasteiger charge is -2.17. The molecule has 1 aliphatic heterocycles. The zero-order valence-electron chi connectivity index (χ0n) is 13.4. The van der Waals surface area contributed by atoms with Crippen LogP contribution in [-0.2, 0) is 11.3 Å². The van der Waals surface area contributed by atoms with Crippen LogP contribution in [0.25, 0.3) is 0 Å². The SMILES string of the molecule is CC[C@@H](C)Oc1ccc(CNC[C@@H]2CCCO2)cc1OC. The highest BCUT2D eigenvalue weighted by Gasteiger charge is 2.14. The molecule has 118 valence electrons. The van der Waals surface area contributed by atoms with Crippen molar-refractivity contribution in [2.24, 2.45) is 0 Å². The van der Waals surface area contributed by atoms with Gasteiger partial charge in [0.1, 0.15) is 0 Å². The molecule has 0 spiro atoms. The van der Waals surface area contributed by atoms with Crippen LogP contribution in [0.5, 0.6) is 11.5 Å². The fraction of sp³-hybridized carbons (Fsp3) is 0.647. The van der Waals surface area contributed by atoms with Gasteiger partial charge in [0.15, 0.2) is 11.5 Å². The molecule has 1 saturated heterocycles. The maximum Gasteiger partial charge on any atom is 0.161 e. The molecule has 1 aromatic rings. The van der Waals surface area contributed by atoms with Gasteiger partial charge in [0.25, 0.3) is 0 Å². The lowest BCUT2D eigenvalue weighted by Crippen LogP contribution is -2.25. The van der Waals surface area contributed by atoms with E-state index in [4.69, 9.17) is 14.2 Å². The van der Waals surface area contributed by atoms with Crippen molar-refractivity contribution in [2.45, 2.75) is 51.9 Å². The maximum absolute atomic E-state index is 5.86. The standard InChI is InChI=1S/C17H27NO3/c1-4-13(2)21-16-8-7-14(10-17(16)19-3)11-18-12-15-6-5-9-20-15/h7-8,10,13,15,18H,4-6,9,11-12H2,1-3H3/t13-,15+/m1/s1. The maximum atomic E-state index is 5.86. The molecule has 1 N–H and O–H groups in total. The van der Waals surface area contributed by atoms with E-state index >= 15 is 0 Å². The van der Waals surface area contributed by atoms with E-state index in [1.807, 2.05) is 12.1 Å². The van der Waals surface area contributed by atoms with Crippen molar-refractivity contribution >= 4 is 0 Å². The fourth-order valence-electron chi connectivity index (χ4n) is 2.40. The Morgan fingerprint density at radius 3 is 2.90 bits per heavy atom. The fourth-order valence-corrected chi connectivity index (χ4v) is 2.40. The minimum absolute atomic E-state index is 0.197. The Labute approximate surface area is 127 Å². The number of nitrogens with one attached hydrogen (secondary N) is 1. The molecule has 0 bridgehead atoms. The summed E-state index contributed by atoms with van der Waals surface area (Å²) in [5.74, 6) is 1.61. The van der Waals surface area contributed by atoms with Gasteiger partial charge >= 0.3 is 0 Å². The van der Waals surface area contributed by atoms with Crippen LogP contribution in [0.15, 0.2) is 18.2 Å². The van der Waals surface area contributed by atoms with Crippen LogP contribution in [0.3, 0.4) is 0 Å². The Morgan fingerprint density at radius 2 is 2.24 bits per heavy atom. The first-order valence-corrected chi connectivity index (χ1v) is 7.88. The van der Waals surface area contributed by atoms with Crippen LogP contribution in [-0.4, -0.2) is 32.5 Å². The third-order valence-corrected chi connectivity index (χ3v) is 3.86. The lowest BCUT2D eigenvalue weighted by molar-refractivity contribution is 0.110. The van der Waals surface area contributed by atoms with E-state index in [0.717, 1.165) is 44.0 Å². The summed E-state index contributed by atoms with van der Waals surface area (Å²) < 4.78 is 16.9. The van der Waals surface area contributed by atoms with Gasteiger partial charge in [0.05, 0.1) is 19.3 Å². The molecule has 21 heavy (non-hydrogen) atoms. The lowest BCUT2D eigenvalue weighted by atomic mass is 10.2. The van der Waals surface area contributed by atoms with Crippen LogP contribution >= 0.6 is 0 Å². The van der Waals surface area contributed by atoms with E-state index in [0.29, 0.717) is 6.10 Å². The van der Waals surface area contributed by atoms with E-state index in [2.05, 4.69) is 25.2 Å². The first-order valence-electron chi connectivity index (χ1n) is 7.88. The van der Waals surface area contributed by atoms with Gasteiger partial charge in [0.2, 0.25) is 0 Å². The zero-order chi connectivity index (χ0) is 15.1. The summed E-state index contributed by atoms with van der Waals surface area (Å²) in [5, 5.41) is 3.44. The van der Waals surface area contributed by atoms with Crippen LogP contribution in [0.4, 0.5) is 0 Å². The molecular weight excluding hydrogens is 266 g/mol. The van der Waals surface area contributed by atoms with Crippen molar-refractivity contribution in [3.8, 4) is 11.5 Å². The van der Waals surface area contributed by atoms with Gasteiger partial charge in [-0.3, -0.25) is 0 Å². The second kappa shape index (κ2) is 8.25. The highest BCUT2D eigenvalue weighted by Crippen LogP contribution is 2.29. The van der Waals surface area contributed by atoms with Gasteiger partial charge in [-0.2, -0.15) is 0 Å². The van der Waals surface area contributed by atoms with Crippen molar-refractivity contribution in [1.29, 1.82) is 0 Å². The molecule has 2 rings (SSSR count). The highest BCUT2D eigenvalue weighted by atomic mass is 16.5. The number of methoxy groups -OCH3 is 1. The third-order valence-electron chi connectivity index (χ3n) is 3.86. The van der Waals surface area contributed by atoms with Crippen LogP contribution < -0.4 is 14.8 Å². The van der Waals surface area contributed by atoms with E-state index in [1.54, 1.807) is 7.11 Å². The Bertz CT molecular complexity index is 430. The molecule has 0 unspecified atom stereocenters. The van der Waals surface area contributed by atoms with Crippen molar-refractivity contribution in [1.82, 2.24) is 5.32 Å². The molecule has 0 amide bonds. The summed E-state index contributed by atoms with van der Waals surface area (Å²) in [6.07, 6.45) is 3.90. The molecular formula is C17H27NO3. The second-order valence-electron chi connectivity index (χ2n) is 5.59. The molecule has 4 heteroatoms. The average molecular weight is 293 g/mol. The van der Waals surface area contributed by atoms with Crippen molar-refractivity contribution < 1.29 is 14.2 Å². The Balaban J connectivity index is 1.88. The molecule has 1 heterocycles. The van der Waals surface area contributed by atoms with E-state index < -0.39 is 0 Å². The first-order chi connectivity index (χ1) is 10.2. The normalized spacial score (nSPS) is 19.5. The van der Waals surface area contributed by atoms with E-state index in [-0.39, 0.29) is 6.10 Å². The topological polar surface area (TPSA) is 39.7 Å². The Morgan fingerprint density at radius 1 is 1.38 bits per heavy atom. The number of rotatable bonds is 8. The third kappa shape index (κ3) is 4.90. The molecule has 4 nitrogen and oxygen atoms in total. The van der Waals surface area contributed by atoms with Gasteiger partial charge in [-0.15, -0.1) is 0 Å². The smallest absolute Gasteiger partial charge is 0.161 e. The molecule has 1 aliphatic rings. The van der Waals surface area contributed by atoms with E-state index in [9.17, 15) is 0 Å². The van der Waals surface area contributed by atoms with E-state index in [1.165, 1.54) is 12.0 Å². The number of ether oxygens (including phenoxy) is 3. The predicted molar refractivity (Wildman–Crippen MR) is 84.1 cm³/mol. The first kappa shape index (κ1) is 16.1. The second-order valence-corrected chi connectivity index (χ2v) is 5.59. The summed E-state index contributed by atoms with van der Waals surface area (Å²) in [7, 11) is 1.68. The molecule has 2 atom stereocenters. The molecule has 0 saturated carbocycles. The number of benzene rings is 1. The summed E-state index contributed by atoms with van der Waals surface area (Å²) in [5.41, 5.74) is 1.20. The quantitative estimate of drug-likeness (QED) is 0.799. The number of hydrogen-bond acceptors (Lipinski definition) is 4. The molecule has 1 fully saturated rings. The van der Waals surface area contributed by atoms with Gasteiger partial charge in [0, 0.05) is 19.7 Å². The van der Waals surface area contributed by atoms with Crippen molar-refractivity contribution in [2.75, 3.05) is 20.3 Å². The largest absolute Gasteiger partial charge is 0.493 e. The van der Waals surface area contributed by atoms with Crippen LogP contribution in [0, 0.1) is 0 Å². The summed E-state index contributed by atoms with van der Waals surface area (Å²) in [4.78, 5) is 0. The molecule has 0 aromatic heterocycles. The van der Waals surface area contributed by atoms with Crippen LogP contribution in [0.2, 0.25) is 0 Å². The molecule has 0 radical (unpaired) electrons. The Kier molecular flexibility index (Phi) is 6.33. The molecule has 0 aliphatic carbocycles. The van der Waals surface area contributed by atoms with Crippen molar-refractivity contribution in [3.63, 3.8) is 0 Å². The minimum atomic E-state index is 0.197. The van der Waals surface area contributed by atoms with Gasteiger partial charge in [-0.25, -0.2) is 0 Å². The molecule has 1 aromatic carbocycles. The predicted octanol–water partition coefficient (Wildman–Crippen LogP) is 3.14. The van der Waals surface area contributed by atoms with Gasteiger partial charge in [-0.1, -0.05) is 13.0 Å². The summed E-state index contributed by atoms with van der Waals surface area (Å²) in [6.45, 7) is 6.81. The summed E-state index contributed by atoms with van der Waals surface area (Å²) in [6, 6.07) is 6.12. The summed E-state index contributed by atoms with van der Waals surface area (Å²) >= 11 is 0. The van der Waals surface area contributed by atoms with Crippen LogP contribution in [0.1, 0.15) is 38.7 Å². The monoisotopic (exact) mass is 293 g/mol. The zero-order valence-corrected chi connectivity index (χ0v) is 13.4.